The first-order valence-electron chi connectivity index (χ1n) is 7.97. The van der Waals surface area contributed by atoms with E-state index in [1.807, 2.05) is 36.3 Å². The lowest BCUT2D eigenvalue weighted by Gasteiger charge is -2.32. The minimum Gasteiger partial charge on any atom is -0.337 e. The zero-order valence-corrected chi connectivity index (χ0v) is 14.5. The molecule has 1 saturated heterocycles. The molecule has 0 N–H and O–H groups in total. The minimum atomic E-state index is -0.0864. The maximum absolute atomic E-state index is 12.6. The molecule has 23 heavy (non-hydrogen) atoms. The quantitative estimate of drug-likeness (QED) is 0.865. The Bertz CT molecular complexity index is 745. The third-order valence-electron chi connectivity index (χ3n) is 4.30. The predicted molar refractivity (Wildman–Crippen MR) is 90.1 cm³/mol. The van der Waals surface area contributed by atoms with Crippen LogP contribution in [0.3, 0.4) is 0 Å². The molecule has 0 bridgehead atoms. The van der Waals surface area contributed by atoms with Crippen LogP contribution in [0.1, 0.15) is 54.1 Å². The van der Waals surface area contributed by atoms with Gasteiger partial charge >= 0.3 is 5.69 Å². The Morgan fingerprint density at radius 1 is 1.43 bits per heavy atom. The van der Waals surface area contributed by atoms with Crippen LogP contribution in [0, 0.1) is 0 Å². The molecule has 0 aromatic carbocycles. The molecule has 7 heteroatoms. The van der Waals surface area contributed by atoms with E-state index in [9.17, 15) is 9.59 Å². The maximum Gasteiger partial charge on any atom is 0.345 e. The lowest BCUT2D eigenvalue weighted by molar-refractivity contribution is 0.0707. The fourth-order valence-corrected chi connectivity index (χ4v) is 3.88. The van der Waals surface area contributed by atoms with Crippen molar-refractivity contribution in [3.8, 4) is 0 Å². The highest BCUT2D eigenvalue weighted by atomic mass is 32.1. The molecule has 0 radical (unpaired) electrons. The number of piperidine rings is 1. The number of rotatable bonds is 3. The minimum absolute atomic E-state index is 0.0644. The van der Waals surface area contributed by atoms with Gasteiger partial charge in [-0.2, -0.15) is 5.10 Å². The number of aryl methyl sites for hydroxylation is 1. The first-order valence-corrected chi connectivity index (χ1v) is 8.85. The van der Waals surface area contributed by atoms with E-state index in [2.05, 4.69) is 5.10 Å². The monoisotopic (exact) mass is 334 g/mol. The van der Waals surface area contributed by atoms with E-state index in [1.54, 1.807) is 11.6 Å². The zero-order chi connectivity index (χ0) is 16.6. The second-order valence-corrected chi connectivity index (χ2v) is 7.24. The number of thiophene rings is 1. The third kappa shape index (κ3) is 2.97. The van der Waals surface area contributed by atoms with Crippen molar-refractivity contribution in [3.05, 3.63) is 38.7 Å². The third-order valence-corrected chi connectivity index (χ3v) is 5.16. The lowest BCUT2D eigenvalue weighted by atomic mass is 9.96. The van der Waals surface area contributed by atoms with Crippen LogP contribution in [0.4, 0.5) is 0 Å². The summed E-state index contributed by atoms with van der Waals surface area (Å²) in [6, 6.07) is 3.82. The summed E-state index contributed by atoms with van der Waals surface area (Å²) in [7, 11) is 1.68. The molecule has 1 aliphatic heterocycles. The summed E-state index contributed by atoms with van der Waals surface area (Å²) < 4.78 is 3.15. The molecule has 1 unspecified atom stereocenters. The van der Waals surface area contributed by atoms with E-state index in [1.165, 1.54) is 16.0 Å². The van der Waals surface area contributed by atoms with Crippen LogP contribution in [0.25, 0.3) is 0 Å². The summed E-state index contributed by atoms with van der Waals surface area (Å²) >= 11 is 1.47. The van der Waals surface area contributed by atoms with Crippen molar-refractivity contribution in [2.45, 2.75) is 38.6 Å². The topological polar surface area (TPSA) is 60.1 Å². The Kier molecular flexibility index (Phi) is 4.39. The Balaban J connectivity index is 1.86. The summed E-state index contributed by atoms with van der Waals surface area (Å²) in [6.45, 7) is 5.37. The second-order valence-electron chi connectivity index (χ2n) is 6.30. The summed E-state index contributed by atoms with van der Waals surface area (Å²) in [5.41, 5.74) is -0.0864. The van der Waals surface area contributed by atoms with Gasteiger partial charge in [0, 0.05) is 32.1 Å². The predicted octanol–water partition coefficient (Wildman–Crippen LogP) is 2.24. The molecule has 1 amide bonds. The highest BCUT2D eigenvalue weighted by molar-refractivity contribution is 7.12. The number of amides is 1. The molecular formula is C16H22N4O2S. The summed E-state index contributed by atoms with van der Waals surface area (Å²) in [4.78, 5) is 27.5. The van der Waals surface area contributed by atoms with Crippen molar-refractivity contribution in [2.75, 3.05) is 13.1 Å². The van der Waals surface area contributed by atoms with Crippen molar-refractivity contribution in [2.24, 2.45) is 7.05 Å². The van der Waals surface area contributed by atoms with Gasteiger partial charge < -0.3 is 4.90 Å². The smallest absolute Gasteiger partial charge is 0.337 e. The van der Waals surface area contributed by atoms with E-state index in [0.29, 0.717) is 6.54 Å². The molecular weight excluding hydrogens is 312 g/mol. The van der Waals surface area contributed by atoms with Gasteiger partial charge in [0.15, 0.2) is 0 Å². The number of carbonyl (C=O) groups is 1. The molecule has 1 fully saturated rings. The normalized spacial score (nSPS) is 18.6. The van der Waals surface area contributed by atoms with Crippen LogP contribution >= 0.6 is 11.3 Å². The molecule has 0 aliphatic carbocycles. The Labute approximate surface area is 139 Å². The fourth-order valence-electron chi connectivity index (χ4n) is 3.19. The maximum atomic E-state index is 12.6. The van der Waals surface area contributed by atoms with Crippen LogP contribution < -0.4 is 5.69 Å². The first-order chi connectivity index (χ1) is 11.0. The summed E-state index contributed by atoms with van der Waals surface area (Å²) in [6.07, 6.45) is 1.89. The number of aromatic nitrogens is 3. The Morgan fingerprint density at radius 2 is 2.22 bits per heavy atom. The lowest BCUT2D eigenvalue weighted by Crippen LogP contribution is -2.40. The average Bonchev–Trinajstić information content (AvgIpc) is 3.16. The Morgan fingerprint density at radius 3 is 2.87 bits per heavy atom. The van der Waals surface area contributed by atoms with Crippen LogP contribution in [-0.2, 0) is 7.05 Å². The average molecular weight is 334 g/mol. The summed E-state index contributed by atoms with van der Waals surface area (Å²) in [5, 5.41) is 6.36. The van der Waals surface area contributed by atoms with Gasteiger partial charge in [-0.3, -0.25) is 9.36 Å². The van der Waals surface area contributed by atoms with Gasteiger partial charge in [-0.15, -0.1) is 11.3 Å². The Hall–Kier alpha value is -1.89. The highest BCUT2D eigenvalue weighted by Crippen LogP contribution is 2.27. The number of hydrogen-bond donors (Lipinski definition) is 0. The molecule has 1 aliphatic rings. The number of carbonyl (C=O) groups excluding carboxylic acids is 1. The van der Waals surface area contributed by atoms with Crippen molar-refractivity contribution in [1.82, 2.24) is 19.2 Å². The van der Waals surface area contributed by atoms with Crippen molar-refractivity contribution in [3.63, 3.8) is 0 Å². The van der Waals surface area contributed by atoms with Crippen molar-refractivity contribution >= 4 is 17.2 Å². The van der Waals surface area contributed by atoms with Gasteiger partial charge in [0.05, 0.1) is 4.88 Å². The van der Waals surface area contributed by atoms with Gasteiger partial charge in [0.1, 0.15) is 5.82 Å². The standard InChI is InChI=1S/C16H22N4O2S/c1-11(2)20-14(17-18(3)16(20)22)12-6-4-8-19(10-12)15(21)13-7-5-9-23-13/h5,7,9,11-12H,4,6,8,10H2,1-3H3. The molecule has 3 rings (SSSR count). The number of likely N-dealkylation sites (tertiary alicyclic amines) is 1. The fraction of sp³-hybridized carbons (Fsp3) is 0.562. The zero-order valence-electron chi connectivity index (χ0n) is 13.7. The molecule has 2 aromatic rings. The second kappa shape index (κ2) is 6.31. The van der Waals surface area contributed by atoms with Crippen molar-refractivity contribution in [1.29, 1.82) is 0 Å². The van der Waals surface area contributed by atoms with Crippen LogP contribution in [0.15, 0.2) is 22.3 Å². The molecule has 0 spiro atoms. The summed E-state index contributed by atoms with van der Waals surface area (Å²) in [5.74, 6) is 0.999. The molecule has 3 heterocycles. The molecule has 6 nitrogen and oxygen atoms in total. The number of nitrogens with zero attached hydrogens (tertiary/aromatic N) is 4. The highest BCUT2D eigenvalue weighted by Gasteiger charge is 2.30. The van der Waals surface area contributed by atoms with Gasteiger partial charge in [0.2, 0.25) is 0 Å². The largest absolute Gasteiger partial charge is 0.345 e. The SMILES string of the molecule is CC(C)n1c(C2CCCN(C(=O)c3cccs3)C2)nn(C)c1=O. The van der Waals surface area contributed by atoms with E-state index < -0.39 is 0 Å². The number of hydrogen-bond acceptors (Lipinski definition) is 4. The molecule has 124 valence electrons. The molecule has 2 aromatic heterocycles. The molecule has 0 saturated carbocycles. The van der Waals surface area contributed by atoms with Gasteiger partial charge in [-0.25, -0.2) is 9.48 Å². The van der Waals surface area contributed by atoms with E-state index in [0.717, 1.165) is 30.1 Å². The van der Waals surface area contributed by atoms with Crippen LogP contribution in [-0.4, -0.2) is 38.2 Å². The molecule has 1 atom stereocenters. The van der Waals surface area contributed by atoms with Crippen LogP contribution in [0.2, 0.25) is 0 Å². The van der Waals surface area contributed by atoms with E-state index in [4.69, 9.17) is 0 Å². The first kappa shape index (κ1) is 16.0. The van der Waals surface area contributed by atoms with E-state index >= 15 is 0 Å². The van der Waals surface area contributed by atoms with Gasteiger partial charge in [0.25, 0.3) is 5.91 Å². The van der Waals surface area contributed by atoms with E-state index in [-0.39, 0.29) is 23.6 Å². The van der Waals surface area contributed by atoms with Gasteiger partial charge in [-0.05, 0) is 38.1 Å². The van der Waals surface area contributed by atoms with Gasteiger partial charge in [-0.1, -0.05) is 6.07 Å². The van der Waals surface area contributed by atoms with Crippen molar-refractivity contribution < 1.29 is 4.79 Å². The van der Waals surface area contributed by atoms with Crippen LogP contribution in [0.5, 0.6) is 0 Å².